The number of hydrogen-bond acceptors (Lipinski definition) is 5. The van der Waals surface area contributed by atoms with Crippen LogP contribution in [0.15, 0.2) is 54.7 Å². The molecule has 0 saturated carbocycles. The van der Waals surface area contributed by atoms with Gasteiger partial charge in [-0.1, -0.05) is 23.7 Å². The average molecular weight is 390 g/mol. The van der Waals surface area contributed by atoms with Gasteiger partial charge in [0.25, 0.3) is 0 Å². The van der Waals surface area contributed by atoms with E-state index in [1.54, 1.807) is 30.3 Å². The maximum absolute atomic E-state index is 12.9. The number of alkyl halides is 3. The summed E-state index contributed by atoms with van der Waals surface area (Å²) >= 11 is 5.97. The summed E-state index contributed by atoms with van der Waals surface area (Å²) in [6.07, 6.45) is -3.07. The fraction of sp³-hybridized carbons (Fsp3) is 0.0556. The van der Waals surface area contributed by atoms with Gasteiger partial charge in [0.2, 0.25) is 5.95 Å². The number of hydrogen-bond donors (Lipinski definition) is 2. The first-order chi connectivity index (χ1) is 12.9. The predicted octanol–water partition coefficient (Wildman–Crippen LogP) is 5.51. The molecule has 0 radical (unpaired) electrons. The third kappa shape index (κ3) is 4.46. The highest BCUT2D eigenvalue weighted by Crippen LogP contribution is 2.34. The molecule has 0 atom stereocenters. The van der Waals surface area contributed by atoms with Crippen LogP contribution in [0, 0.1) is 11.3 Å². The molecule has 0 amide bonds. The van der Waals surface area contributed by atoms with E-state index in [0.29, 0.717) is 17.1 Å². The van der Waals surface area contributed by atoms with Gasteiger partial charge in [0, 0.05) is 6.20 Å². The number of benzene rings is 2. The van der Waals surface area contributed by atoms with Gasteiger partial charge in [-0.05, 0) is 36.4 Å². The molecule has 0 aliphatic carbocycles. The fourth-order valence-corrected chi connectivity index (χ4v) is 2.40. The smallest absolute Gasteiger partial charge is 0.339 e. The number of nitrogens with one attached hydrogen (secondary N) is 2. The number of para-hydroxylation sites is 1. The molecule has 0 aliphatic rings. The molecular formula is C18H11ClF3N5. The lowest BCUT2D eigenvalue weighted by molar-refractivity contribution is -0.137. The number of aromatic nitrogens is 2. The number of nitrogens with zero attached hydrogens (tertiary/aromatic N) is 3. The predicted molar refractivity (Wildman–Crippen MR) is 96.2 cm³/mol. The van der Waals surface area contributed by atoms with Crippen molar-refractivity contribution in [2.75, 3.05) is 10.6 Å². The van der Waals surface area contributed by atoms with Crippen molar-refractivity contribution in [3.05, 3.63) is 70.9 Å². The minimum atomic E-state index is -4.49. The van der Waals surface area contributed by atoms with Crippen molar-refractivity contribution >= 4 is 34.7 Å². The van der Waals surface area contributed by atoms with Gasteiger partial charge < -0.3 is 10.6 Å². The molecule has 27 heavy (non-hydrogen) atoms. The van der Waals surface area contributed by atoms with Gasteiger partial charge in [-0.25, -0.2) is 4.98 Å². The molecule has 3 rings (SSSR count). The zero-order valence-corrected chi connectivity index (χ0v) is 14.3. The number of rotatable bonds is 4. The van der Waals surface area contributed by atoms with Gasteiger partial charge in [0.15, 0.2) is 0 Å². The van der Waals surface area contributed by atoms with Crippen LogP contribution in [0.5, 0.6) is 0 Å². The van der Waals surface area contributed by atoms with Gasteiger partial charge in [-0.2, -0.15) is 23.4 Å². The highest BCUT2D eigenvalue weighted by Gasteiger charge is 2.31. The summed E-state index contributed by atoms with van der Waals surface area (Å²) in [6.45, 7) is 0. The van der Waals surface area contributed by atoms with Crippen molar-refractivity contribution in [3.63, 3.8) is 0 Å². The third-order valence-electron chi connectivity index (χ3n) is 3.51. The lowest BCUT2D eigenvalue weighted by Crippen LogP contribution is -2.06. The van der Waals surface area contributed by atoms with Crippen LogP contribution < -0.4 is 10.6 Å². The summed E-state index contributed by atoms with van der Waals surface area (Å²) in [6, 6.07) is 13.4. The molecular weight excluding hydrogens is 379 g/mol. The first kappa shape index (κ1) is 18.5. The minimum absolute atomic E-state index is 0.0288. The van der Waals surface area contributed by atoms with Crippen LogP contribution in [0.3, 0.4) is 0 Å². The first-order valence-corrected chi connectivity index (χ1v) is 7.97. The van der Waals surface area contributed by atoms with Crippen LogP contribution in [0.25, 0.3) is 0 Å². The van der Waals surface area contributed by atoms with Crippen LogP contribution in [-0.2, 0) is 6.18 Å². The van der Waals surface area contributed by atoms with Crippen molar-refractivity contribution in [2.24, 2.45) is 0 Å². The highest BCUT2D eigenvalue weighted by molar-refractivity contribution is 6.33. The quantitative estimate of drug-likeness (QED) is 0.615. The van der Waals surface area contributed by atoms with E-state index in [0.717, 1.165) is 18.2 Å². The molecule has 0 bridgehead atoms. The molecule has 0 fully saturated rings. The molecule has 2 N–H and O–H groups in total. The SMILES string of the molecule is N#Cc1ccccc1Nc1ccnc(Nc2cc(C(F)(F)F)ccc2Cl)n1. The van der Waals surface area contributed by atoms with E-state index in [-0.39, 0.29) is 16.7 Å². The Bertz CT molecular complexity index is 1010. The van der Waals surface area contributed by atoms with Crippen molar-refractivity contribution in [1.29, 1.82) is 5.26 Å². The van der Waals surface area contributed by atoms with Crippen LogP contribution >= 0.6 is 11.6 Å². The van der Waals surface area contributed by atoms with E-state index < -0.39 is 11.7 Å². The second-order valence-electron chi connectivity index (χ2n) is 5.37. The molecule has 0 saturated heterocycles. The van der Waals surface area contributed by atoms with E-state index in [1.807, 2.05) is 0 Å². The van der Waals surface area contributed by atoms with Crippen molar-refractivity contribution < 1.29 is 13.2 Å². The maximum Gasteiger partial charge on any atom is 0.416 e. The van der Waals surface area contributed by atoms with Gasteiger partial charge >= 0.3 is 6.18 Å². The molecule has 5 nitrogen and oxygen atoms in total. The summed E-state index contributed by atoms with van der Waals surface area (Å²) in [5.41, 5.74) is 0.154. The number of anilines is 4. The average Bonchev–Trinajstić information content (AvgIpc) is 2.63. The molecule has 2 aromatic carbocycles. The Balaban J connectivity index is 1.86. The zero-order valence-electron chi connectivity index (χ0n) is 13.5. The van der Waals surface area contributed by atoms with Crippen LogP contribution in [0.1, 0.15) is 11.1 Å². The molecule has 0 unspecified atom stereocenters. The monoisotopic (exact) mass is 389 g/mol. The van der Waals surface area contributed by atoms with E-state index >= 15 is 0 Å². The molecule has 0 spiro atoms. The summed E-state index contributed by atoms with van der Waals surface area (Å²) in [4.78, 5) is 8.17. The molecule has 9 heteroatoms. The zero-order chi connectivity index (χ0) is 19.4. The van der Waals surface area contributed by atoms with Gasteiger partial charge in [-0.15, -0.1) is 0 Å². The second-order valence-corrected chi connectivity index (χ2v) is 5.77. The topological polar surface area (TPSA) is 73.6 Å². The molecule has 0 aliphatic heterocycles. The van der Waals surface area contributed by atoms with E-state index in [2.05, 4.69) is 26.7 Å². The minimum Gasteiger partial charge on any atom is -0.339 e. The van der Waals surface area contributed by atoms with Gasteiger partial charge in [-0.3, -0.25) is 0 Å². The number of nitriles is 1. The summed E-state index contributed by atoms with van der Waals surface area (Å²) in [7, 11) is 0. The number of halogens is 4. The summed E-state index contributed by atoms with van der Waals surface area (Å²) < 4.78 is 38.6. The lowest BCUT2D eigenvalue weighted by Gasteiger charge is -2.12. The lowest BCUT2D eigenvalue weighted by atomic mass is 10.2. The Hall–Kier alpha value is -3.31. The highest BCUT2D eigenvalue weighted by atomic mass is 35.5. The van der Waals surface area contributed by atoms with E-state index in [9.17, 15) is 13.2 Å². The normalized spacial score (nSPS) is 10.9. The largest absolute Gasteiger partial charge is 0.416 e. The first-order valence-electron chi connectivity index (χ1n) is 7.60. The Labute approximate surface area is 157 Å². The summed E-state index contributed by atoms with van der Waals surface area (Å²) in [5, 5.41) is 14.9. The van der Waals surface area contributed by atoms with E-state index in [4.69, 9.17) is 16.9 Å². The maximum atomic E-state index is 12.9. The van der Waals surface area contributed by atoms with E-state index in [1.165, 1.54) is 6.20 Å². The third-order valence-corrected chi connectivity index (χ3v) is 3.84. The van der Waals surface area contributed by atoms with Crippen LogP contribution in [0.4, 0.5) is 36.3 Å². The van der Waals surface area contributed by atoms with Gasteiger partial charge in [0.1, 0.15) is 11.9 Å². The Morgan fingerprint density at radius 3 is 2.52 bits per heavy atom. The standard InChI is InChI=1S/C18H11ClF3N5/c19-13-6-5-12(18(20,21)22)9-15(13)26-17-24-8-7-16(27-17)25-14-4-2-1-3-11(14)10-23/h1-9H,(H2,24,25,26,27). The molecule has 1 aromatic heterocycles. The molecule has 1 heterocycles. The second kappa shape index (κ2) is 7.51. The fourth-order valence-electron chi connectivity index (χ4n) is 2.23. The molecule has 136 valence electrons. The van der Waals surface area contributed by atoms with Crippen LogP contribution in [0.2, 0.25) is 5.02 Å². The van der Waals surface area contributed by atoms with Crippen LogP contribution in [-0.4, -0.2) is 9.97 Å². The van der Waals surface area contributed by atoms with Crippen molar-refractivity contribution in [2.45, 2.75) is 6.18 Å². The van der Waals surface area contributed by atoms with Gasteiger partial charge in [0.05, 0.1) is 27.5 Å². The van der Waals surface area contributed by atoms with Crippen molar-refractivity contribution in [1.82, 2.24) is 9.97 Å². The Morgan fingerprint density at radius 2 is 1.78 bits per heavy atom. The Morgan fingerprint density at radius 1 is 1.00 bits per heavy atom. The summed E-state index contributed by atoms with van der Waals surface area (Å²) in [5.74, 6) is 0.411. The van der Waals surface area contributed by atoms with Crippen molar-refractivity contribution in [3.8, 4) is 6.07 Å². The Kier molecular flexibility index (Phi) is 5.14. The molecule has 3 aromatic rings.